The summed E-state index contributed by atoms with van der Waals surface area (Å²) < 4.78 is 12.1. The van der Waals surface area contributed by atoms with E-state index in [2.05, 4.69) is 33.9 Å². The van der Waals surface area contributed by atoms with Crippen LogP contribution in [0.25, 0.3) is 0 Å². The Kier molecular flexibility index (Phi) is 7.14. The first kappa shape index (κ1) is 24.4. The summed E-state index contributed by atoms with van der Waals surface area (Å²) in [6.45, 7) is 13.1. The average molecular weight is 461 g/mol. The van der Waals surface area contributed by atoms with E-state index >= 15 is 0 Å². The Balaban J connectivity index is 1.77. The molecule has 32 heavy (non-hydrogen) atoms. The van der Waals surface area contributed by atoms with Gasteiger partial charge in [-0.2, -0.15) is 0 Å². The lowest BCUT2D eigenvalue weighted by Crippen LogP contribution is -2.50. The van der Waals surface area contributed by atoms with Crippen LogP contribution in [-0.2, 0) is 25.4 Å². The van der Waals surface area contributed by atoms with Crippen molar-refractivity contribution >= 4 is 26.2 Å². The van der Waals surface area contributed by atoms with E-state index in [0.717, 1.165) is 5.56 Å². The third-order valence-corrected chi connectivity index (χ3v) is 11.5. The van der Waals surface area contributed by atoms with Crippen LogP contribution >= 0.6 is 0 Å². The van der Waals surface area contributed by atoms with E-state index in [1.54, 1.807) is 0 Å². The number of likely N-dealkylation sites (tertiary alicyclic amines) is 2. The van der Waals surface area contributed by atoms with Gasteiger partial charge in [0.25, 0.3) is 5.91 Å². The molecule has 3 rings (SSSR count). The van der Waals surface area contributed by atoms with Crippen LogP contribution in [0.15, 0.2) is 30.3 Å². The van der Waals surface area contributed by atoms with Crippen LogP contribution in [-0.4, -0.2) is 60.8 Å². The monoisotopic (exact) mass is 460 g/mol. The first-order valence-corrected chi connectivity index (χ1v) is 14.3. The smallest absolute Gasteiger partial charge is 0.410 e. The van der Waals surface area contributed by atoms with Crippen molar-refractivity contribution in [1.29, 1.82) is 0 Å². The van der Waals surface area contributed by atoms with E-state index in [1.165, 1.54) is 9.80 Å². The molecule has 2 aliphatic rings. The zero-order chi connectivity index (χ0) is 23.7. The highest BCUT2D eigenvalue weighted by Gasteiger charge is 2.48. The number of hydrogen-bond donors (Lipinski definition) is 0. The molecule has 3 amide bonds. The van der Waals surface area contributed by atoms with E-state index in [9.17, 15) is 14.4 Å². The van der Waals surface area contributed by atoms with Gasteiger partial charge in [0.2, 0.25) is 5.91 Å². The van der Waals surface area contributed by atoms with Gasteiger partial charge in [-0.25, -0.2) is 4.79 Å². The summed E-state index contributed by atoms with van der Waals surface area (Å²) in [5.74, 6) is -0.494. The van der Waals surface area contributed by atoms with Crippen molar-refractivity contribution in [3.63, 3.8) is 0 Å². The topological polar surface area (TPSA) is 76.2 Å². The Morgan fingerprint density at radius 1 is 1.16 bits per heavy atom. The fourth-order valence-electron chi connectivity index (χ4n) is 4.04. The van der Waals surface area contributed by atoms with Gasteiger partial charge >= 0.3 is 6.09 Å². The predicted octanol–water partition coefficient (Wildman–Crippen LogP) is 4.33. The molecule has 0 unspecified atom stereocenters. The summed E-state index contributed by atoms with van der Waals surface area (Å²) in [6.07, 6.45) is 0.583. The first-order chi connectivity index (χ1) is 14.9. The lowest BCUT2D eigenvalue weighted by atomic mass is 10.1. The van der Waals surface area contributed by atoms with Gasteiger partial charge in [-0.1, -0.05) is 51.1 Å². The highest BCUT2D eigenvalue weighted by molar-refractivity contribution is 6.74. The zero-order valence-corrected chi connectivity index (χ0v) is 21.1. The highest BCUT2D eigenvalue weighted by atomic mass is 28.4. The van der Waals surface area contributed by atoms with Gasteiger partial charge in [0.1, 0.15) is 12.6 Å². The molecule has 0 saturated carbocycles. The van der Waals surface area contributed by atoms with Gasteiger partial charge < -0.3 is 9.16 Å². The van der Waals surface area contributed by atoms with E-state index in [0.29, 0.717) is 19.3 Å². The maximum Gasteiger partial charge on any atom is 0.410 e. The third kappa shape index (κ3) is 5.23. The van der Waals surface area contributed by atoms with E-state index in [1.807, 2.05) is 37.3 Å². The lowest BCUT2D eigenvalue weighted by molar-refractivity contribution is -0.146. The van der Waals surface area contributed by atoms with Crippen LogP contribution in [0.4, 0.5) is 4.79 Å². The van der Waals surface area contributed by atoms with Gasteiger partial charge in [-0.05, 0) is 37.0 Å². The standard InChI is InChI=1S/C24H36N2O5Si/c1-17-12-13-21(27)26(17)22(28)20-14-19(31-32(5,6)24(2,3)4)15-25(20)23(29)30-16-18-10-8-7-9-11-18/h7-11,17,19-20H,12-16H2,1-6H3/t17-,19-,20-/m0/s1. The van der Waals surface area contributed by atoms with Crippen molar-refractivity contribution in [2.24, 2.45) is 0 Å². The summed E-state index contributed by atoms with van der Waals surface area (Å²) >= 11 is 0. The molecule has 0 bridgehead atoms. The maximum absolute atomic E-state index is 13.4. The fourth-order valence-corrected chi connectivity index (χ4v) is 5.40. The number of hydrogen-bond acceptors (Lipinski definition) is 5. The van der Waals surface area contributed by atoms with E-state index < -0.39 is 20.5 Å². The molecule has 0 aromatic heterocycles. The average Bonchev–Trinajstić information content (AvgIpc) is 3.28. The molecule has 0 spiro atoms. The number of nitrogens with zero attached hydrogens (tertiary/aromatic N) is 2. The van der Waals surface area contributed by atoms with E-state index in [-0.39, 0.29) is 42.2 Å². The molecule has 0 aliphatic carbocycles. The second kappa shape index (κ2) is 9.35. The van der Waals surface area contributed by atoms with Gasteiger partial charge in [0, 0.05) is 25.4 Å². The number of ether oxygens (including phenoxy) is 1. The molecular weight excluding hydrogens is 424 g/mol. The predicted molar refractivity (Wildman–Crippen MR) is 124 cm³/mol. The summed E-state index contributed by atoms with van der Waals surface area (Å²) in [5.41, 5.74) is 0.875. The van der Waals surface area contributed by atoms with Gasteiger partial charge in [0.05, 0.1) is 6.10 Å². The normalized spacial score (nSPS) is 24.2. The summed E-state index contributed by atoms with van der Waals surface area (Å²) in [5, 5.41) is 0.00712. The SMILES string of the molecule is C[C@H]1CCC(=O)N1C(=O)[C@@H]1C[C@H](O[Si](C)(C)C(C)(C)C)CN1C(=O)OCc1ccccc1. The quantitative estimate of drug-likeness (QED) is 0.483. The molecule has 1 aromatic rings. The lowest BCUT2D eigenvalue weighted by Gasteiger charge is -2.38. The van der Waals surface area contributed by atoms with Crippen LogP contribution in [0, 0.1) is 0 Å². The van der Waals surface area contributed by atoms with Gasteiger partial charge in [-0.15, -0.1) is 0 Å². The number of carbonyl (C=O) groups is 3. The largest absolute Gasteiger partial charge is 0.445 e. The van der Waals surface area contributed by atoms with Crippen LogP contribution in [0.3, 0.4) is 0 Å². The van der Waals surface area contributed by atoms with Crippen LogP contribution in [0.1, 0.15) is 52.5 Å². The molecule has 2 heterocycles. The minimum Gasteiger partial charge on any atom is -0.445 e. The van der Waals surface area contributed by atoms with Crippen LogP contribution in [0.5, 0.6) is 0 Å². The molecule has 1 aromatic carbocycles. The fraction of sp³-hybridized carbons (Fsp3) is 0.625. The van der Waals surface area contributed by atoms with Crippen molar-refractivity contribution < 1.29 is 23.5 Å². The van der Waals surface area contributed by atoms with Crippen molar-refractivity contribution in [2.45, 2.75) is 89.9 Å². The minimum absolute atomic E-state index is 0.00712. The number of benzene rings is 1. The summed E-state index contributed by atoms with van der Waals surface area (Å²) in [4.78, 5) is 41.5. The Labute approximate surface area is 192 Å². The molecule has 0 N–H and O–H groups in total. The van der Waals surface area contributed by atoms with Crippen molar-refractivity contribution in [2.75, 3.05) is 6.54 Å². The number of imide groups is 1. The first-order valence-electron chi connectivity index (χ1n) is 11.4. The molecule has 2 saturated heterocycles. The molecule has 176 valence electrons. The number of rotatable bonds is 5. The Bertz CT molecular complexity index is 852. The third-order valence-electron chi connectivity index (χ3n) is 6.98. The molecule has 8 heteroatoms. The Morgan fingerprint density at radius 2 is 1.81 bits per heavy atom. The van der Waals surface area contributed by atoms with Crippen LogP contribution < -0.4 is 0 Å². The Hall–Kier alpha value is -2.19. The molecule has 2 aliphatic heterocycles. The van der Waals surface area contributed by atoms with Gasteiger partial charge in [0.15, 0.2) is 8.32 Å². The van der Waals surface area contributed by atoms with Crippen molar-refractivity contribution in [1.82, 2.24) is 9.80 Å². The second-order valence-electron chi connectivity index (χ2n) is 10.4. The molecule has 7 nitrogen and oxygen atoms in total. The Morgan fingerprint density at radius 3 is 2.38 bits per heavy atom. The summed E-state index contributed by atoms with van der Waals surface area (Å²) in [7, 11) is -2.10. The maximum atomic E-state index is 13.4. The molecular formula is C24H36N2O5Si. The summed E-state index contributed by atoms with van der Waals surface area (Å²) in [6, 6.07) is 8.53. The zero-order valence-electron chi connectivity index (χ0n) is 20.1. The van der Waals surface area contributed by atoms with E-state index in [4.69, 9.17) is 9.16 Å². The molecule has 0 radical (unpaired) electrons. The minimum atomic E-state index is -2.10. The van der Waals surface area contributed by atoms with Gasteiger partial charge in [-0.3, -0.25) is 19.4 Å². The van der Waals surface area contributed by atoms with Crippen molar-refractivity contribution in [3.8, 4) is 0 Å². The van der Waals surface area contributed by atoms with Crippen LogP contribution in [0.2, 0.25) is 18.1 Å². The number of amides is 3. The molecule has 3 atom stereocenters. The number of carbonyl (C=O) groups excluding carboxylic acids is 3. The van der Waals surface area contributed by atoms with Crippen molar-refractivity contribution in [3.05, 3.63) is 35.9 Å². The molecule has 2 fully saturated rings. The highest BCUT2D eigenvalue weighted by Crippen LogP contribution is 2.39. The second-order valence-corrected chi connectivity index (χ2v) is 15.2.